The van der Waals surface area contributed by atoms with E-state index in [0.29, 0.717) is 6.54 Å². The summed E-state index contributed by atoms with van der Waals surface area (Å²) in [5.74, 6) is 0.950. The van der Waals surface area contributed by atoms with Crippen LogP contribution >= 0.6 is 0 Å². The molecule has 1 aromatic heterocycles. The molecule has 5 nitrogen and oxygen atoms in total. The van der Waals surface area contributed by atoms with Crippen molar-refractivity contribution in [1.82, 2.24) is 14.8 Å². The Bertz CT molecular complexity index is 485. The van der Waals surface area contributed by atoms with Gasteiger partial charge in [0.2, 0.25) is 0 Å². The van der Waals surface area contributed by atoms with E-state index in [-0.39, 0.29) is 6.61 Å². The maximum absolute atomic E-state index is 12.0. The van der Waals surface area contributed by atoms with E-state index >= 15 is 0 Å². The first-order chi connectivity index (χ1) is 11.3. The summed E-state index contributed by atoms with van der Waals surface area (Å²) < 4.78 is 40.7. The molecule has 1 aromatic rings. The molecule has 0 amide bonds. The van der Waals surface area contributed by atoms with Gasteiger partial charge in [-0.15, -0.1) is 0 Å². The fourth-order valence-electron chi connectivity index (χ4n) is 2.64. The molecule has 0 aromatic carbocycles. The highest BCUT2D eigenvalue weighted by Gasteiger charge is 2.27. The Morgan fingerprint density at radius 1 is 1.17 bits per heavy atom. The van der Waals surface area contributed by atoms with Gasteiger partial charge in [-0.1, -0.05) is 6.07 Å². The number of piperazine rings is 1. The van der Waals surface area contributed by atoms with Crippen LogP contribution in [0.3, 0.4) is 0 Å². The van der Waals surface area contributed by atoms with Gasteiger partial charge in [-0.3, -0.25) is 4.90 Å². The van der Waals surface area contributed by atoms with Gasteiger partial charge in [-0.2, -0.15) is 13.2 Å². The average molecular weight is 346 g/mol. The molecule has 0 saturated carbocycles. The Morgan fingerprint density at radius 3 is 2.42 bits per heavy atom. The third-order valence-electron chi connectivity index (χ3n) is 3.82. The molecule has 1 aliphatic heterocycles. The number of nitrogens with zero attached hydrogens (tertiary/aromatic N) is 4. The van der Waals surface area contributed by atoms with Gasteiger partial charge in [0, 0.05) is 45.5 Å². The van der Waals surface area contributed by atoms with Crippen LogP contribution < -0.4 is 4.90 Å². The third-order valence-corrected chi connectivity index (χ3v) is 3.82. The van der Waals surface area contributed by atoms with Crippen molar-refractivity contribution in [3.8, 4) is 0 Å². The molecule has 0 atom stereocenters. The van der Waals surface area contributed by atoms with Crippen LogP contribution in [-0.4, -0.2) is 81.0 Å². The van der Waals surface area contributed by atoms with Crippen molar-refractivity contribution in [3.05, 3.63) is 23.9 Å². The van der Waals surface area contributed by atoms with Crippen LogP contribution in [0.25, 0.3) is 0 Å². The minimum Gasteiger partial charge on any atom is -0.371 e. The van der Waals surface area contributed by atoms with Crippen LogP contribution in [0.15, 0.2) is 18.3 Å². The lowest BCUT2D eigenvalue weighted by Crippen LogP contribution is -2.47. The van der Waals surface area contributed by atoms with Crippen molar-refractivity contribution in [2.45, 2.75) is 12.7 Å². The number of halogens is 3. The van der Waals surface area contributed by atoms with Crippen molar-refractivity contribution in [2.24, 2.45) is 0 Å². The zero-order valence-electron chi connectivity index (χ0n) is 14.2. The Hall–Kier alpha value is -1.38. The van der Waals surface area contributed by atoms with Crippen LogP contribution in [0, 0.1) is 0 Å². The van der Waals surface area contributed by atoms with Crippen molar-refractivity contribution in [1.29, 1.82) is 0 Å². The normalized spacial score (nSPS) is 16.8. The first-order valence-electron chi connectivity index (χ1n) is 8.05. The molecule has 0 bridgehead atoms. The fraction of sp³-hybridized carbons (Fsp3) is 0.688. The maximum atomic E-state index is 12.0. The molecule has 0 unspecified atom stereocenters. The van der Waals surface area contributed by atoms with Crippen molar-refractivity contribution in [3.63, 3.8) is 0 Å². The largest absolute Gasteiger partial charge is 0.411 e. The monoisotopic (exact) mass is 346 g/mol. The first-order valence-corrected chi connectivity index (χ1v) is 8.05. The zero-order chi connectivity index (χ0) is 17.6. The smallest absolute Gasteiger partial charge is 0.371 e. The molecule has 1 fully saturated rings. The highest BCUT2D eigenvalue weighted by molar-refractivity contribution is 5.39. The lowest BCUT2D eigenvalue weighted by molar-refractivity contribution is -0.174. The highest BCUT2D eigenvalue weighted by Crippen LogP contribution is 2.16. The lowest BCUT2D eigenvalue weighted by atomic mass is 10.2. The van der Waals surface area contributed by atoms with E-state index < -0.39 is 12.8 Å². The second-order valence-corrected chi connectivity index (χ2v) is 6.26. The van der Waals surface area contributed by atoms with Crippen LogP contribution in [0.2, 0.25) is 0 Å². The second kappa shape index (κ2) is 8.64. The molecule has 2 heterocycles. The summed E-state index contributed by atoms with van der Waals surface area (Å²) in [5, 5.41) is 0. The quantitative estimate of drug-likeness (QED) is 0.704. The van der Waals surface area contributed by atoms with E-state index in [2.05, 4.69) is 30.5 Å². The van der Waals surface area contributed by atoms with Crippen LogP contribution in [-0.2, 0) is 11.3 Å². The SMILES string of the molecule is CN(C)Cc1ccc(N2CCN(CCOCC(F)(F)F)CC2)nc1. The Kier molecular flexibility index (Phi) is 6.82. The Labute approximate surface area is 141 Å². The van der Waals surface area contributed by atoms with E-state index in [1.165, 1.54) is 5.56 Å². The number of rotatable bonds is 7. The average Bonchev–Trinajstić information content (AvgIpc) is 2.52. The number of pyridine rings is 1. The van der Waals surface area contributed by atoms with E-state index in [9.17, 15) is 13.2 Å². The number of hydrogen-bond donors (Lipinski definition) is 0. The van der Waals surface area contributed by atoms with Gasteiger partial charge in [0.25, 0.3) is 0 Å². The van der Waals surface area contributed by atoms with Gasteiger partial charge in [-0.25, -0.2) is 4.98 Å². The summed E-state index contributed by atoms with van der Waals surface area (Å²) >= 11 is 0. The molecule has 1 saturated heterocycles. The van der Waals surface area contributed by atoms with Crippen molar-refractivity contribution >= 4 is 5.82 Å². The standard InChI is InChI=1S/C16H25F3N4O/c1-21(2)12-14-3-4-15(20-11-14)23-7-5-22(6-8-23)9-10-24-13-16(17,18)19/h3-4,11H,5-10,12-13H2,1-2H3. The summed E-state index contributed by atoms with van der Waals surface area (Å²) in [7, 11) is 4.04. The zero-order valence-corrected chi connectivity index (χ0v) is 14.2. The van der Waals surface area contributed by atoms with Crippen LogP contribution in [0.5, 0.6) is 0 Å². The Morgan fingerprint density at radius 2 is 1.88 bits per heavy atom. The van der Waals surface area contributed by atoms with Gasteiger partial charge in [0.05, 0.1) is 6.61 Å². The highest BCUT2D eigenvalue weighted by atomic mass is 19.4. The molecule has 0 N–H and O–H groups in total. The third kappa shape index (κ3) is 6.62. The lowest BCUT2D eigenvalue weighted by Gasteiger charge is -2.35. The number of hydrogen-bond acceptors (Lipinski definition) is 5. The summed E-state index contributed by atoms with van der Waals surface area (Å²) in [6, 6.07) is 4.11. The van der Waals surface area contributed by atoms with Gasteiger partial charge in [0.15, 0.2) is 0 Å². The summed E-state index contributed by atoms with van der Waals surface area (Å²) in [6.45, 7) is 3.57. The van der Waals surface area contributed by atoms with E-state index in [4.69, 9.17) is 0 Å². The number of anilines is 1. The van der Waals surface area contributed by atoms with Crippen molar-refractivity contribution in [2.75, 3.05) is 64.9 Å². The molecule has 2 rings (SSSR count). The predicted molar refractivity (Wildman–Crippen MR) is 87.2 cm³/mol. The van der Waals surface area contributed by atoms with E-state index in [1.54, 1.807) is 0 Å². The minimum absolute atomic E-state index is 0.108. The molecule has 8 heteroatoms. The molecule has 0 radical (unpaired) electrons. The van der Waals surface area contributed by atoms with E-state index in [1.807, 2.05) is 26.4 Å². The van der Waals surface area contributed by atoms with Gasteiger partial charge >= 0.3 is 6.18 Å². The van der Waals surface area contributed by atoms with Gasteiger partial charge < -0.3 is 14.5 Å². The van der Waals surface area contributed by atoms with E-state index in [0.717, 1.165) is 38.5 Å². The summed E-state index contributed by atoms with van der Waals surface area (Å²) in [4.78, 5) is 10.9. The molecule has 1 aliphatic rings. The predicted octanol–water partition coefficient (Wildman–Crippen LogP) is 1.84. The first kappa shape index (κ1) is 19.0. The molecule has 0 aliphatic carbocycles. The van der Waals surface area contributed by atoms with Gasteiger partial charge in [0.1, 0.15) is 12.4 Å². The van der Waals surface area contributed by atoms with Crippen molar-refractivity contribution < 1.29 is 17.9 Å². The molecule has 24 heavy (non-hydrogen) atoms. The second-order valence-electron chi connectivity index (χ2n) is 6.26. The Balaban J connectivity index is 1.70. The minimum atomic E-state index is -4.25. The molecule has 0 spiro atoms. The van der Waals surface area contributed by atoms with Crippen LogP contribution in [0.4, 0.5) is 19.0 Å². The molecular weight excluding hydrogens is 321 g/mol. The summed E-state index contributed by atoms with van der Waals surface area (Å²) in [6.07, 6.45) is -2.35. The number of alkyl halides is 3. The molecule has 136 valence electrons. The van der Waals surface area contributed by atoms with Crippen LogP contribution in [0.1, 0.15) is 5.56 Å². The topological polar surface area (TPSA) is 31.8 Å². The number of ether oxygens (including phenoxy) is 1. The molecular formula is C16H25F3N4O. The number of aromatic nitrogens is 1. The summed E-state index contributed by atoms with van der Waals surface area (Å²) in [5.41, 5.74) is 1.17. The maximum Gasteiger partial charge on any atom is 0.411 e. The van der Waals surface area contributed by atoms with Gasteiger partial charge in [-0.05, 0) is 25.7 Å². The fourth-order valence-corrected chi connectivity index (χ4v) is 2.64.